The van der Waals surface area contributed by atoms with Crippen LogP contribution in [0.1, 0.15) is 55.6 Å². The quantitative estimate of drug-likeness (QED) is 0.422. The molecule has 4 aromatic rings. The second-order valence-corrected chi connectivity index (χ2v) is 8.74. The van der Waals surface area contributed by atoms with Crippen molar-refractivity contribution in [3.63, 3.8) is 0 Å². The molecule has 0 spiro atoms. The van der Waals surface area contributed by atoms with E-state index in [9.17, 15) is 14.4 Å². The van der Waals surface area contributed by atoms with Crippen molar-refractivity contribution in [2.75, 3.05) is 12.0 Å². The lowest BCUT2D eigenvalue weighted by atomic mass is 9.97. The molecule has 2 aromatic carbocycles. The standard InChI is InChI=1S/C24H19N3O5S/c1-4-17-25-26-24(33-17)27-19(13-6-8-14(9-7-13)23(30)31-3)18-20(28)15-11-12(2)5-10-16(15)32-21(18)22(27)29/h5-11,19H,4H2,1-3H3/t19-/m1/s1. The molecule has 166 valence electrons. The monoisotopic (exact) mass is 461 g/mol. The fourth-order valence-corrected chi connectivity index (χ4v) is 4.81. The molecule has 8 nitrogen and oxygen atoms in total. The number of esters is 1. The normalized spacial score (nSPS) is 15.2. The van der Waals surface area contributed by atoms with E-state index in [1.165, 1.54) is 23.3 Å². The van der Waals surface area contributed by atoms with E-state index in [4.69, 9.17) is 9.15 Å². The molecule has 1 aliphatic rings. The van der Waals surface area contributed by atoms with Crippen LogP contribution in [-0.2, 0) is 11.2 Å². The summed E-state index contributed by atoms with van der Waals surface area (Å²) in [5, 5.41) is 9.91. The van der Waals surface area contributed by atoms with Gasteiger partial charge in [-0.15, -0.1) is 10.2 Å². The van der Waals surface area contributed by atoms with Crippen LogP contribution in [0.3, 0.4) is 0 Å². The number of benzene rings is 2. The van der Waals surface area contributed by atoms with E-state index >= 15 is 0 Å². The Hall–Kier alpha value is -3.85. The van der Waals surface area contributed by atoms with Crippen LogP contribution in [-0.4, -0.2) is 29.2 Å². The first-order valence-corrected chi connectivity index (χ1v) is 11.2. The van der Waals surface area contributed by atoms with Crippen molar-refractivity contribution in [3.05, 3.63) is 85.7 Å². The predicted molar refractivity (Wildman–Crippen MR) is 123 cm³/mol. The van der Waals surface area contributed by atoms with Crippen LogP contribution in [0, 0.1) is 6.92 Å². The number of hydrogen-bond donors (Lipinski definition) is 0. The van der Waals surface area contributed by atoms with Crippen molar-refractivity contribution in [1.29, 1.82) is 0 Å². The van der Waals surface area contributed by atoms with Gasteiger partial charge >= 0.3 is 5.97 Å². The van der Waals surface area contributed by atoms with Crippen LogP contribution in [0.15, 0.2) is 51.7 Å². The third-order valence-corrected chi connectivity index (χ3v) is 6.70. The van der Waals surface area contributed by atoms with Crippen molar-refractivity contribution < 1.29 is 18.7 Å². The van der Waals surface area contributed by atoms with Crippen molar-refractivity contribution in [1.82, 2.24) is 10.2 Å². The van der Waals surface area contributed by atoms with Gasteiger partial charge in [0.05, 0.1) is 29.7 Å². The van der Waals surface area contributed by atoms with Crippen LogP contribution < -0.4 is 10.3 Å². The van der Waals surface area contributed by atoms with E-state index in [0.717, 1.165) is 10.6 Å². The fraction of sp³-hybridized carbons (Fsp3) is 0.208. The van der Waals surface area contributed by atoms with Crippen LogP contribution in [0.25, 0.3) is 11.0 Å². The lowest BCUT2D eigenvalue weighted by Crippen LogP contribution is -2.29. The highest BCUT2D eigenvalue weighted by molar-refractivity contribution is 7.15. The molecule has 0 fully saturated rings. The minimum absolute atomic E-state index is 0.00774. The molecule has 1 atom stereocenters. The first-order chi connectivity index (χ1) is 15.9. The number of fused-ring (bicyclic) bond motifs is 2. The number of methoxy groups -OCH3 is 1. The summed E-state index contributed by atoms with van der Waals surface area (Å²) in [6.07, 6.45) is 0.672. The molecule has 1 aliphatic heterocycles. The largest absolute Gasteiger partial charge is 0.465 e. The van der Waals surface area contributed by atoms with E-state index in [0.29, 0.717) is 33.6 Å². The first-order valence-electron chi connectivity index (χ1n) is 10.3. The molecule has 0 aliphatic carbocycles. The summed E-state index contributed by atoms with van der Waals surface area (Å²) in [5.41, 5.74) is 2.24. The predicted octanol–water partition coefficient (Wildman–Crippen LogP) is 4.05. The summed E-state index contributed by atoms with van der Waals surface area (Å²) < 4.78 is 10.7. The molecule has 0 saturated carbocycles. The summed E-state index contributed by atoms with van der Waals surface area (Å²) >= 11 is 1.29. The molecule has 0 unspecified atom stereocenters. The first kappa shape index (κ1) is 21.0. The molecular formula is C24H19N3O5S. The van der Waals surface area contributed by atoms with Gasteiger partial charge in [-0.05, 0) is 43.2 Å². The molecule has 0 saturated heterocycles. The fourth-order valence-electron chi connectivity index (χ4n) is 4.00. The minimum atomic E-state index is -0.766. The average molecular weight is 461 g/mol. The van der Waals surface area contributed by atoms with E-state index in [1.807, 2.05) is 19.9 Å². The molecule has 3 heterocycles. The molecule has 1 amide bonds. The number of amides is 1. The van der Waals surface area contributed by atoms with Gasteiger partial charge in [-0.2, -0.15) is 0 Å². The number of hydrogen-bond acceptors (Lipinski definition) is 8. The molecule has 0 bridgehead atoms. The number of rotatable bonds is 4. The number of anilines is 1. The maximum absolute atomic E-state index is 13.6. The van der Waals surface area contributed by atoms with Gasteiger partial charge in [0.2, 0.25) is 10.9 Å². The van der Waals surface area contributed by atoms with Gasteiger partial charge < -0.3 is 9.15 Å². The van der Waals surface area contributed by atoms with Gasteiger partial charge in [0.25, 0.3) is 5.91 Å². The summed E-state index contributed by atoms with van der Waals surface area (Å²) in [4.78, 5) is 40.5. The zero-order valence-corrected chi connectivity index (χ0v) is 18.9. The Bertz CT molecular complexity index is 1470. The van der Waals surface area contributed by atoms with Gasteiger partial charge in [0.15, 0.2) is 5.43 Å². The third kappa shape index (κ3) is 3.32. The van der Waals surface area contributed by atoms with Crippen LogP contribution in [0.5, 0.6) is 0 Å². The summed E-state index contributed by atoms with van der Waals surface area (Å²) in [7, 11) is 1.31. The Labute approximate surface area is 192 Å². The molecule has 33 heavy (non-hydrogen) atoms. The van der Waals surface area contributed by atoms with Crippen LogP contribution in [0.2, 0.25) is 0 Å². The lowest BCUT2D eigenvalue weighted by molar-refractivity contribution is 0.0600. The van der Waals surface area contributed by atoms with Gasteiger partial charge in [-0.25, -0.2) is 4.79 Å². The maximum Gasteiger partial charge on any atom is 0.337 e. The maximum atomic E-state index is 13.6. The smallest absolute Gasteiger partial charge is 0.337 e. The zero-order valence-electron chi connectivity index (χ0n) is 18.1. The Morgan fingerprint density at radius 3 is 2.58 bits per heavy atom. The zero-order chi connectivity index (χ0) is 23.3. The SMILES string of the molecule is CCc1nnc(N2C(=O)c3oc4ccc(C)cc4c(=O)c3[C@H]2c2ccc(C(=O)OC)cc2)s1. The topological polar surface area (TPSA) is 103 Å². The van der Waals surface area contributed by atoms with Gasteiger partial charge in [-0.3, -0.25) is 14.5 Å². The van der Waals surface area contributed by atoms with E-state index in [2.05, 4.69) is 10.2 Å². The number of carbonyl (C=O) groups excluding carboxylic acids is 2. The molecule has 0 radical (unpaired) electrons. The highest BCUT2D eigenvalue weighted by Crippen LogP contribution is 2.42. The highest BCUT2D eigenvalue weighted by atomic mass is 32.1. The van der Waals surface area contributed by atoms with Crippen molar-refractivity contribution >= 4 is 39.3 Å². The molecular weight excluding hydrogens is 442 g/mol. The molecule has 5 rings (SSSR count). The van der Waals surface area contributed by atoms with E-state index < -0.39 is 17.9 Å². The number of aromatic nitrogens is 2. The minimum Gasteiger partial charge on any atom is -0.465 e. The Morgan fingerprint density at radius 1 is 1.15 bits per heavy atom. The summed E-state index contributed by atoms with van der Waals surface area (Å²) in [6.45, 7) is 3.84. The Balaban J connectivity index is 1.75. The van der Waals surface area contributed by atoms with Gasteiger partial charge in [0, 0.05) is 0 Å². The van der Waals surface area contributed by atoms with Crippen molar-refractivity contribution in [2.45, 2.75) is 26.3 Å². The highest BCUT2D eigenvalue weighted by Gasteiger charge is 2.45. The van der Waals surface area contributed by atoms with E-state index in [1.54, 1.807) is 36.4 Å². The summed E-state index contributed by atoms with van der Waals surface area (Å²) in [5.74, 6) is -0.934. The molecule has 0 N–H and O–H groups in total. The lowest BCUT2D eigenvalue weighted by Gasteiger charge is -2.22. The van der Waals surface area contributed by atoms with Crippen molar-refractivity contribution in [3.8, 4) is 0 Å². The molecule has 9 heteroatoms. The Kier molecular flexibility index (Phi) is 5.05. The van der Waals surface area contributed by atoms with Gasteiger partial charge in [-0.1, -0.05) is 42.0 Å². The van der Waals surface area contributed by atoms with Crippen LogP contribution >= 0.6 is 11.3 Å². The van der Waals surface area contributed by atoms with Crippen LogP contribution in [0.4, 0.5) is 5.13 Å². The third-order valence-electron chi connectivity index (χ3n) is 5.64. The second kappa shape index (κ2) is 7.93. The molecule has 2 aromatic heterocycles. The van der Waals surface area contributed by atoms with Crippen molar-refractivity contribution in [2.24, 2.45) is 0 Å². The summed E-state index contributed by atoms with van der Waals surface area (Å²) in [6, 6.07) is 11.1. The number of aryl methyl sites for hydroxylation is 2. The second-order valence-electron chi connectivity index (χ2n) is 7.70. The number of ether oxygens (including phenoxy) is 1. The number of nitrogens with zero attached hydrogens (tertiary/aromatic N) is 3. The Morgan fingerprint density at radius 2 is 1.91 bits per heavy atom. The number of carbonyl (C=O) groups is 2. The van der Waals surface area contributed by atoms with E-state index in [-0.39, 0.29) is 16.8 Å². The average Bonchev–Trinajstić information content (AvgIpc) is 3.42. The van der Waals surface area contributed by atoms with Gasteiger partial charge in [0.1, 0.15) is 10.6 Å².